The molecule has 1 rings (SSSR count). The summed E-state index contributed by atoms with van der Waals surface area (Å²) in [5.41, 5.74) is 6.06. The quantitative estimate of drug-likeness (QED) is 0.572. The number of nitrogens with one attached hydrogen (secondary N) is 1. The lowest BCUT2D eigenvalue weighted by Crippen LogP contribution is -2.48. The number of rotatable bonds is 3. The van der Waals surface area contributed by atoms with Gasteiger partial charge in [-0.25, -0.2) is 0 Å². The van der Waals surface area contributed by atoms with Crippen molar-refractivity contribution in [2.75, 3.05) is 13.1 Å². The molecule has 1 unspecified atom stereocenters. The molecule has 94 valence electrons. The second-order valence-corrected chi connectivity index (χ2v) is 6.06. The minimum Gasteiger partial charge on any atom is -0.386 e. The van der Waals surface area contributed by atoms with Gasteiger partial charge in [-0.1, -0.05) is 27.7 Å². The number of hydrogen-bond donors (Lipinski definition) is 2. The van der Waals surface area contributed by atoms with Crippen LogP contribution in [0, 0.1) is 16.7 Å². The highest BCUT2D eigenvalue weighted by Gasteiger charge is 2.31. The van der Waals surface area contributed by atoms with Crippen LogP contribution in [0.3, 0.4) is 0 Å². The van der Waals surface area contributed by atoms with E-state index >= 15 is 0 Å². The van der Waals surface area contributed by atoms with Gasteiger partial charge in [0.25, 0.3) is 0 Å². The van der Waals surface area contributed by atoms with E-state index in [-0.39, 0.29) is 6.04 Å². The van der Waals surface area contributed by atoms with E-state index in [0.29, 0.717) is 11.3 Å². The van der Waals surface area contributed by atoms with Gasteiger partial charge in [0, 0.05) is 0 Å². The van der Waals surface area contributed by atoms with Crippen LogP contribution in [0.1, 0.15) is 47.0 Å². The van der Waals surface area contributed by atoms with E-state index in [4.69, 9.17) is 11.1 Å². The van der Waals surface area contributed by atoms with Crippen LogP contribution in [-0.4, -0.2) is 29.9 Å². The SMILES string of the molecule is CCC(C(=N)N)N1CCC(C(C)(C)C)CC1. The van der Waals surface area contributed by atoms with Gasteiger partial charge in [0.2, 0.25) is 0 Å². The van der Waals surface area contributed by atoms with Gasteiger partial charge in [-0.2, -0.15) is 0 Å². The highest BCUT2D eigenvalue weighted by atomic mass is 15.2. The molecule has 3 heteroatoms. The normalized spacial score (nSPS) is 22.0. The average molecular weight is 225 g/mol. The van der Waals surface area contributed by atoms with Crippen molar-refractivity contribution < 1.29 is 0 Å². The maximum Gasteiger partial charge on any atom is 0.108 e. The number of piperidine rings is 1. The zero-order chi connectivity index (χ0) is 12.3. The Morgan fingerprint density at radius 1 is 1.38 bits per heavy atom. The molecular weight excluding hydrogens is 198 g/mol. The molecule has 0 radical (unpaired) electrons. The third-order valence-electron chi connectivity index (χ3n) is 3.94. The van der Waals surface area contributed by atoms with E-state index in [1.165, 1.54) is 12.8 Å². The van der Waals surface area contributed by atoms with E-state index in [1.807, 2.05) is 0 Å². The Labute approximate surface area is 99.9 Å². The van der Waals surface area contributed by atoms with Crippen LogP contribution >= 0.6 is 0 Å². The van der Waals surface area contributed by atoms with Crippen molar-refractivity contribution in [3.05, 3.63) is 0 Å². The van der Waals surface area contributed by atoms with Gasteiger partial charge in [0.05, 0.1) is 6.04 Å². The molecule has 0 bridgehead atoms. The molecule has 0 amide bonds. The molecule has 1 atom stereocenters. The molecule has 0 aromatic heterocycles. The van der Waals surface area contributed by atoms with Crippen LogP contribution in [0.4, 0.5) is 0 Å². The Balaban J connectivity index is 2.51. The number of nitrogens with two attached hydrogens (primary N) is 1. The molecule has 1 aliphatic heterocycles. The van der Waals surface area contributed by atoms with Crippen LogP contribution in [0.5, 0.6) is 0 Å². The van der Waals surface area contributed by atoms with Gasteiger partial charge in [-0.05, 0) is 43.7 Å². The van der Waals surface area contributed by atoms with E-state index in [2.05, 4.69) is 32.6 Å². The first-order valence-electron chi connectivity index (χ1n) is 6.44. The minimum absolute atomic E-state index is 0.168. The smallest absolute Gasteiger partial charge is 0.108 e. The number of likely N-dealkylation sites (tertiary alicyclic amines) is 1. The van der Waals surface area contributed by atoms with Crippen molar-refractivity contribution in [1.82, 2.24) is 4.90 Å². The summed E-state index contributed by atoms with van der Waals surface area (Å²) in [5, 5.41) is 7.60. The van der Waals surface area contributed by atoms with Crippen molar-refractivity contribution in [3.63, 3.8) is 0 Å². The fraction of sp³-hybridized carbons (Fsp3) is 0.923. The summed E-state index contributed by atoms with van der Waals surface area (Å²) in [7, 11) is 0. The van der Waals surface area contributed by atoms with Gasteiger partial charge in [-0.15, -0.1) is 0 Å². The predicted molar refractivity (Wildman–Crippen MR) is 69.7 cm³/mol. The lowest BCUT2D eigenvalue weighted by atomic mass is 9.75. The number of hydrogen-bond acceptors (Lipinski definition) is 2. The molecule has 1 aliphatic rings. The van der Waals surface area contributed by atoms with Crippen molar-refractivity contribution in [2.45, 2.75) is 53.0 Å². The number of nitrogens with zero attached hydrogens (tertiary/aromatic N) is 1. The Kier molecular flexibility index (Phi) is 4.36. The molecule has 0 aromatic carbocycles. The maximum atomic E-state index is 7.60. The second kappa shape index (κ2) is 5.17. The lowest BCUT2D eigenvalue weighted by Gasteiger charge is -2.41. The summed E-state index contributed by atoms with van der Waals surface area (Å²) in [6, 6.07) is 0.168. The molecule has 3 N–H and O–H groups in total. The molecule has 1 heterocycles. The monoisotopic (exact) mass is 225 g/mol. The van der Waals surface area contributed by atoms with Gasteiger partial charge in [0.1, 0.15) is 5.84 Å². The fourth-order valence-corrected chi connectivity index (χ4v) is 2.75. The van der Waals surface area contributed by atoms with Crippen LogP contribution in [0.15, 0.2) is 0 Å². The Hall–Kier alpha value is -0.570. The van der Waals surface area contributed by atoms with E-state index in [9.17, 15) is 0 Å². The molecule has 0 spiro atoms. The molecule has 1 fully saturated rings. The van der Waals surface area contributed by atoms with Crippen molar-refractivity contribution in [2.24, 2.45) is 17.1 Å². The first-order valence-corrected chi connectivity index (χ1v) is 6.44. The van der Waals surface area contributed by atoms with Crippen LogP contribution in [0.2, 0.25) is 0 Å². The van der Waals surface area contributed by atoms with Crippen LogP contribution in [0.25, 0.3) is 0 Å². The summed E-state index contributed by atoms with van der Waals surface area (Å²) >= 11 is 0. The molecule has 1 saturated heterocycles. The van der Waals surface area contributed by atoms with E-state index < -0.39 is 0 Å². The predicted octanol–water partition coefficient (Wildman–Crippen LogP) is 2.46. The van der Waals surface area contributed by atoms with Gasteiger partial charge < -0.3 is 5.73 Å². The third kappa shape index (κ3) is 3.21. The van der Waals surface area contributed by atoms with Gasteiger partial charge >= 0.3 is 0 Å². The average Bonchev–Trinajstić information content (AvgIpc) is 2.17. The minimum atomic E-state index is 0.168. The molecule has 0 aliphatic carbocycles. The lowest BCUT2D eigenvalue weighted by molar-refractivity contribution is 0.0988. The summed E-state index contributed by atoms with van der Waals surface area (Å²) in [6.07, 6.45) is 3.44. The van der Waals surface area contributed by atoms with E-state index in [0.717, 1.165) is 25.4 Å². The first kappa shape index (κ1) is 13.5. The highest BCUT2D eigenvalue weighted by Crippen LogP contribution is 2.34. The van der Waals surface area contributed by atoms with E-state index in [1.54, 1.807) is 0 Å². The summed E-state index contributed by atoms with van der Waals surface area (Å²) in [6.45, 7) is 11.3. The van der Waals surface area contributed by atoms with Gasteiger partial charge in [-0.3, -0.25) is 10.3 Å². The number of amidine groups is 1. The zero-order valence-electron chi connectivity index (χ0n) is 11.2. The summed E-state index contributed by atoms with van der Waals surface area (Å²) in [5.74, 6) is 1.14. The van der Waals surface area contributed by atoms with Crippen molar-refractivity contribution >= 4 is 5.84 Å². The first-order chi connectivity index (χ1) is 7.36. The molecule has 3 nitrogen and oxygen atoms in total. The van der Waals surface area contributed by atoms with Crippen molar-refractivity contribution in [1.29, 1.82) is 5.41 Å². The fourth-order valence-electron chi connectivity index (χ4n) is 2.75. The topological polar surface area (TPSA) is 53.1 Å². The summed E-state index contributed by atoms with van der Waals surface area (Å²) in [4.78, 5) is 2.38. The Bertz CT molecular complexity index is 234. The molecule has 16 heavy (non-hydrogen) atoms. The third-order valence-corrected chi connectivity index (χ3v) is 3.94. The van der Waals surface area contributed by atoms with Crippen LogP contribution in [-0.2, 0) is 0 Å². The van der Waals surface area contributed by atoms with Crippen LogP contribution < -0.4 is 5.73 Å². The van der Waals surface area contributed by atoms with Crippen molar-refractivity contribution in [3.8, 4) is 0 Å². The zero-order valence-corrected chi connectivity index (χ0v) is 11.2. The highest BCUT2D eigenvalue weighted by molar-refractivity contribution is 5.82. The Morgan fingerprint density at radius 2 is 1.88 bits per heavy atom. The summed E-state index contributed by atoms with van der Waals surface area (Å²) < 4.78 is 0. The molecule has 0 saturated carbocycles. The standard InChI is InChI=1S/C13H27N3/c1-5-11(12(14)15)16-8-6-10(7-9-16)13(2,3)4/h10-11H,5-9H2,1-4H3,(H3,14,15). The second-order valence-electron chi connectivity index (χ2n) is 6.06. The Morgan fingerprint density at radius 3 is 2.19 bits per heavy atom. The maximum absolute atomic E-state index is 7.60. The largest absolute Gasteiger partial charge is 0.386 e. The van der Waals surface area contributed by atoms with Gasteiger partial charge in [0.15, 0.2) is 0 Å². The molecule has 0 aromatic rings. The molecular formula is C13H27N3.